The van der Waals surface area contributed by atoms with Crippen LogP contribution in [0.2, 0.25) is 0 Å². The van der Waals surface area contributed by atoms with E-state index in [4.69, 9.17) is 5.11 Å². The van der Waals surface area contributed by atoms with Gasteiger partial charge in [0.2, 0.25) is 5.88 Å². The van der Waals surface area contributed by atoms with Crippen molar-refractivity contribution in [2.45, 2.75) is 19.0 Å². The number of carbonyl (C=O) groups excluding carboxylic acids is 1. The van der Waals surface area contributed by atoms with Crippen molar-refractivity contribution in [2.75, 3.05) is 19.7 Å². The monoisotopic (exact) mass is 332 g/mol. The van der Waals surface area contributed by atoms with Crippen LogP contribution in [-0.4, -0.2) is 52.7 Å². The Kier molecular flexibility index (Phi) is 5.07. The van der Waals surface area contributed by atoms with Gasteiger partial charge in [0.15, 0.2) is 6.61 Å². The minimum atomic E-state index is -4.46. The molecule has 1 fully saturated rings. The van der Waals surface area contributed by atoms with E-state index in [1.165, 1.54) is 17.0 Å². The van der Waals surface area contributed by atoms with Gasteiger partial charge in [-0.2, -0.15) is 13.2 Å². The number of alkyl halides is 3. The van der Waals surface area contributed by atoms with Crippen LogP contribution in [0.25, 0.3) is 0 Å². The average molecular weight is 332 g/mol. The first kappa shape index (κ1) is 17.0. The van der Waals surface area contributed by atoms with E-state index >= 15 is 0 Å². The Hall–Kier alpha value is -2.32. The summed E-state index contributed by atoms with van der Waals surface area (Å²) in [6.45, 7) is -0.908. The van der Waals surface area contributed by atoms with E-state index in [9.17, 15) is 22.8 Å². The van der Waals surface area contributed by atoms with Crippen LogP contribution in [0.15, 0.2) is 18.3 Å². The highest BCUT2D eigenvalue weighted by molar-refractivity contribution is 5.94. The van der Waals surface area contributed by atoms with Crippen molar-refractivity contribution in [3.63, 3.8) is 0 Å². The van der Waals surface area contributed by atoms with Gasteiger partial charge in [0.1, 0.15) is 0 Å². The van der Waals surface area contributed by atoms with E-state index in [1.54, 1.807) is 0 Å². The number of aliphatic carboxylic acids is 1. The zero-order valence-corrected chi connectivity index (χ0v) is 12.0. The molecule has 6 nitrogen and oxygen atoms in total. The third-order valence-corrected chi connectivity index (χ3v) is 3.42. The highest BCUT2D eigenvalue weighted by Crippen LogP contribution is 2.20. The van der Waals surface area contributed by atoms with Crippen molar-refractivity contribution < 1.29 is 32.6 Å². The van der Waals surface area contributed by atoms with Crippen LogP contribution >= 0.6 is 0 Å². The van der Waals surface area contributed by atoms with Gasteiger partial charge in [-0.15, -0.1) is 0 Å². The first-order valence-corrected chi connectivity index (χ1v) is 6.94. The molecule has 0 bridgehead atoms. The highest BCUT2D eigenvalue weighted by atomic mass is 19.4. The average Bonchev–Trinajstić information content (AvgIpc) is 2.52. The van der Waals surface area contributed by atoms with Gasteiger partial charge in [0.05, 0.1) is 11.5 Å². The van der Waals surface area contributed by atoms with Crippen LogP contribution in [0.1, 0.15) is 23.2 Å². The lowest BCUT2D eigenvalue weighted by Gasteiger charge is -2.30. The van der Waals surface area contributed by atoms with Crippen LogP contribution in [0.3, 0.4) is 0 Å². The van der Waals surface area contributed by atoms with Crippen LogP contribution < -0.4 is 4.74 Å². The normalized spacial score (nSPS) is 18.6. The van der Waals surface area contributed by atoms with Crippen molar-refractivity contribution in [3.05, 3.63) is 23.9 Å². The summed E-state index contributed by atoms with van der Waals surface area (Å²) in [6, 6.07) is 2.49. The van der Waals surface area contributed by atoms with Crippen LogP contribution in [0.5, 0.6) is 5.88 Å². The second-order valence-electron chi connectivity index (χ2n) is 5.22. The van der Waals surface area contributed by atoms with E-state index in [2.05, 4.69) is 9.72 Å². The molecule has 1 aromatic heterocycles. The molecule has 2 rings (SSSR count). The molecule has 0 saturated carbocycles. The van der Waals surface area contributed by atoms with Gasteiger partial charge in [-0.25, -0.2) is 4.98 Å². The number of hydrogen-bond donors (Lipinski definition) is 1. The lowest BCUT2D eigenvalue weighted by atomic mass is 9.98. The maximum atomic E-state index is 12.3. The molecule has 2 heterocycles. The Balaban J connectivity index is 1.98. The molecular formula is C14H15F3N2O4. The Morgan fingerprint density at radius 3 is 2.70 bits per heavy atom. The molecule has 1 aliphatic heterocycles. The smallest absolute Gasteiger partial charge is 0.422 e. The predicted molar refractivity (Wildman–Crippen MR) is 72.1 cm³/mol. The van der Waals surface area contributed by atoms with Crippen LogP contribution in [0.4, 0.5) is 13.2 Å². The SMILES string of the molecule is O=C(O)C1CCCN(C(=O)c2ccc(OCC(F)(F)F)nc2)C1. The van der Waals surface area contributed by atoms with Gasteiger partial charge in [-0.05, 0) is 18.9 Å². The molecule has 126 valence electrons. The van der Waals surface area contributed by atoms with Crippen molar-refractivity contribution in [1.29, 1.82) is 0 Å². The first-order valence-electron chi connectivity index (χ1n) is 6.94. The number of aromatic nitrogens is 1. The molecular weight excluding hydrogens is 317 g/mol. The van der Waals surface area contributed by atoms with Crippen LogP contribution in [0, 0.1) is 5.92 Å². The Morgan fingerprint density at radius 2 is 2.13 bits per heavy atom. The van der Waals surface area contributed by atoms with E-state index in [0.717, 1.165) is 6.20 Å². The number of ether oxygens (including phenoxy) is 1. The lowest BCUT2D eigenvalue weighted by Crippen LogP contribution is -2.42. The second-order valence-corrected chi connectivity index (χ2v) is 5.22. The summed E-state index contributed by atoms with van der Waals surface area (Å²) in [6.07, 6.45) is -2.24. The zero-order chi connectivity index (χ0) is 17.0. The second kappa shape index (κ2) is 6.84. The van der Waals surface area contributed by atoms with Gasteiger partial charge in [0, 0.05) is 25.4 Å². The summed E-state index contributed by atoms with van der Waals surface area (Å²) in [4.78, 5) is 28.3. The summed E-state index contributed by atoms with van der Waals surface area (Å²) >= 11 is 0. The number of halogens is 3. The number of carbonyl (C=O) groups is 2. The molecule has 0 radical (unpaired) electrons. The number of amides is 1. The van der Waals surface area contributed by atoms with E-state index < -0.39 is 30.6 Å². The fraction of sp³-hybridized carbons (Fsp3) is 0.500. The fourth-order valence-corrected chi connectivity index (χ4v) is 2.29. The molecule has 1 saturated heterocycles. The molecule has 1 N–H and O–H groups in total. The summed E-state index contributed by atoms with van der Waals surface area (Å²) in [5, 5.41) is 9.01. The molecule has 1 aromatic rings. The van der Waals surface area contributed by atoms with Crippen molar-refractivity contribution >= 4 is 11.9 Å². The quantitative estimate of drug-likeness (QED) is 0.912. The largest absolute Gasteiger partial charge is 0.481 e. The zero-order valence-electron chi connectivity index (χ0n) is 12.0. The first-order chi connectivity index (χ1) is 10.8. The van der Waals surface area contributed by atoms with Crippen molar-refractivity contribution in [2.24, 2.45) is 5.92 Å². The topological polar surface area (TPSA) is 79.7 Å². The summed E-state index contributed by atoms with van der Waals surface area (Å²) < 4.78 is 40.6. The maximum Gasteiger partial charge on any atom is 0.422 e. The summed E-state index contributed by atoms with van der Waals surface area (Å²) in [5.74, 6) is -2.18. The number of pyridine rings is 1. The number of carboxylic acid groups (broad SMARTS) is 1. The molecule has 9 heteroatoms. The minimum Gasteiger partial charge on any atom is -0.481 e. The minimum absolute atomic E-state index is 0.112. The number of likely N-dealkylation sites (tertiary alicyclic amines) is 1. The third-order valence-electron chi connectivity index (χ3n) is 3.42. The number of hydrogen-bond acceptors (Lipinski definition) is 4. The molecule has 0 spiro atoms. The number of rotatable bonds is 4. The summed E-state index contributed by atoms with van der Waals surface area (Å²) in [5.41, 5.74) is 0.176. The Labute approximate surface area is 129 Å². The van der Waals surface area contributed by atoms with Gasteiger partial charge in [-0.1, -0.05) is 0 Å². The Morgan fingerprint density at radius 1 is 1.39 bits per heavy atom. The standard InChI is InChI=1S/C14H15F3N2O4/c15-14(16,17)8-23-11-4-3-9(6-18-11)12(20)19-5-1-2-10(7-19)13(21)22/h3-4,6,10H,1-2,5,7-8H2,(H,21,22). The maximum absolute atomic E-state index is 12.3. The number of nitrogens with zero attached hydrogens (tertiary/aromatic N) is 2. The van der Waals surface area contributed by atoms with E-state index in [1.807, 2.05) is 0 Å². The van der Waals surface area contributed by atoms with E-state index in [-0.39, 0.29) is 18.0 Å². The van der Waals surface area contributed by atoms with Gasteiger partial charge in [0.25, 0.3) is 5.91 Å². The molecule has 1 atom stereocenters. The Bertz CT molecular complexity index is 574. The molecule has 1 amide bonds. The van der Waals surface area contributed by atoms with Gasteiger partial charge < -0.3 is 14.7 Å². The number of piperidine rings is 1. The van der Waals surface area contributed by atoms with Crippen LogP contribution in [-0.2, 0) is 4.79 Å². The van der Waals surface area contributed by atoms with Crippen molar-refractivity contribution in [1.82, 2.24) is 9.88 Å². The molecule has 0 aliphatic carbocycles. The fourth-order valence-electron chi connectivity index (χ4n) is 2.29. The van der Waals surface area contributed by atoms with Gasteiger partial charge in [-0.3, -0.25) is 9.59 Å². The lowest BCUT2D eigenvalue weighted by molar-refractivity contribution is -0.154. The summed E-state index contributed by atoms with van der Waals surface area (Å²) in [7, 11) is 0. The van der Waals surface area contributed by atoms with Gasteiger partial charge >= 0.3 is 12.1 Å². The molecule has 1 aliphatic rings. The van der Waals surface area contributed by atoms with Crippen molar-refractivity contribution in [3.8, 4) is 5.88 Å². The highest BCUT2D eigenvalue weighted by Gasteiger charge is 2.30. The number of carboxylic acids is 1. The third kappa shape index (κ3) is 4.83. The molecule has 23 heavy (non-hydrogen) atoms. The van der Waals surface area contributed by atoms with E-state index in [0.29, 0.717) is 19.4 Å². The molecule has 0 aromatic carbocycles. The predicted octanol–water partition coefficient (Wildman–Crippen LogP) is 1.96. The molecule has 1 unspecified atom stereocenters.